The van der Waals surface area contributed by atoms with Gasteiger partial charge in [0.05, 0.1) is 10.9 Å². The van der Waals surface area contributed by atoms with Gasteiger partial charge in [0.1, 0.15) is 0 Å². The van der Waals surface area contributed by atoms with E-state index < -0.39 is 0 Å². The Hall–Kier alpha value is -1.94. The van der Waals surface area contributed by atoms with Crippen molar-refractivity contribution in [1.82, 2.24) is 5.32 Å². The lowest BCUT2D eigenvalue weighted by atomic mass is 10.00. The number of nitrogens with one attached hydrogen (secondary N) is 1. The molecule has 1 aromatic heterocycles. The smallest absolute Gasteiger partial charge is 0.220 e. The van der Waals surface area contributed by atoms with E-state index in [2.05, 4.69) is 43.4 Å². The third-order valence-electron chi connectivity index (χ3n) is 3.88. The van der Waals surface area contributed by atoms with Crippen molar-refractivity contribution in [3.05, 3.63) is 57.8 Å². The van der Waals surface area contributed by atoms with Crippen LogP contribution in [0.25, 0.3) is 0 Å². The van der Waals surface area contributed by atoms with E-state index in [4.69, 9.17) is 0 Å². The summed E-state index contributed by atoms with van der Waals surface area (Å²) in [5, 5.41) is 4.84. The minimum absolute atomic E-state index is 0.0332. The number of carbonyl (C=O) groups excluding carboxylic acids is 2. The van der Waals surface area contributed by atoms with Crippen LogP contribution >= 0.6 is 11.3 Å². The number of thiophene rings is 1. The Morgan fingerprint density at radius 1 is 1.04 bits per heavy atom. The lowest BCUT2D eigenvalue weighted by Gasteiger charge is -2.15. The quantitative estimate of drug-likeness (QED) is 0.701. The summed E-state index contributed by atoms with van der Waals surface area (Å²) in [6.07, 6.45) is 1.55. The average Bonchev–Trinajstić information content (AvgIpc) is 3.07. The molecule has 0 unspecified atom stereocenters. The van der Waals surface area contributed by atoms with E-state index in [1.54, 1.807) is 6.07 Å². The maximum Gasteiger partial charge on any atom is 0.220 e. The molecule has 2 aromatic rings. The van der Waals surface area contributed by atoms with Gasteiger partial charge in [-0.25, -0.2) is 0 Å². The average molecular weight is 343 g/mol. The zero-order chi connectivity index (χ0) is 17.5. The highest BCUT2D eigenvalue weighted by Gasteiger charge is 2.13. The largest absolute Gasteiger partial charge is 0.350 e. The molecule has 3 nitrogen and oxygen atoms in total. The molecule has 0 saturated carbocycles. The van der Waals surface area contributed by atoms with E-state index in [1.165, 1.54) is 16.9 Å². The van der Waals surface area contributed by atoms with E-state index in [0.29, 0.717) is 5.92 Å². The van der Waals surface area contributed by atoms with Crippen LogP contribution in [-0.4, -0.2) is 11.7 Å². The first-order chi connectivity index (χ1) is 11.5. The van der Waals surface area contributed by atoms with Crippen molar-refractivity contribution in [2.24, 2.45) is 5.92 Å². The van der Waals surface area contributed by atoms with Crippen LogP contribution in [0.3, 0.4) is 0 Å². The van der Waals surface area contributed by atoms with Gasteiger partial charge in [0.15, 0.2) is 5.78 Å². The van der Waals surface area contributed by atoms with Gasteiger partial charge in [-0.15, -0.1) is 11.3 Å². The molecular weight excluding hydrogens is 318 g/mol. The molecular formula is C20H25NO2S. The number of hydrogen-bond donors (Lipinski definition) is 1. The molecule has 1 heterocycles. The molecule has 1 atom stereocenters. The van der Waals surface area contributed by atoms with Gasteiger partial charge in [-0.1, -0.05) is 44.2 Å². The van der Waals surface area contributed by atoms with Gasteiger partial charge >= 0.3 is 0 Å². The van der Waals surface area contributed by atoms with Gasteiger partial charge in [0.2, 0.25) is 5.91 Å². The number of Topliss-reactive ketones (excluding diaryl/α,β-unsaturated/α-hetero) is 1. The minimum Gasteiger partial charge on any atom is -0.350 e. The predicted molar refractivity (Wildman–Crippen MR) is 99.4 cm³/mol. The van der Waals surface area contributed by atoms with Gasteiger partial charge in [-0.2, -0.15) is 0 Å². The molecule has 24 heavy (non-hydrogen) atoms. The Balaban J connectivity index is 1.81. The molecule has 2 rings (SSSR count). The second-order valence-electron chi connectivity index (χ2n) is 6.53. The molecule has 1 amide bonds. The molecule has 0 radical (unpaired) electrons. The van der Waals surface area contributed by atoms with Crippen molar-refractivity contribution in [1.29, 1.82) is 0 Å². The van der Waals surface area contributed by atoms with E-state index in [1.807, 2.05) is 18.4 Å². The van der Waals surface area contributed by atoms with Crippen molar-refractivity contribution in [3.8, 4) is 0 Å². The SMILES string of the molecule is CC(C)Cc1ccc([C@@H](C)NC(=O)CCC(=O)c2cccs2)cc1. The zero-order valence-electron chi connectivity index (χ0n) is 14.5. The van der Waals surface area contributed by atoms with Crippen molar-refractivity contribution < 1.29 is 9.59 Å². The van der Waals surface area contributed by atoms with E-state index in [0.717, 1.165) is 16.9 Å². The molecule has 0 aliphatic carbocycles. The molecule has 0 bridgehead atoms. The van der Waals surface area contributed by atoms with E-state index >= 15 is 0 Å². The van der Waals surface area contributed by atoms with Crippen LogP contribution in [0, 0.1) is 5.92 Å². The molecule has 4 heteroatoms. The maximum atomic E-state index is 12.1. The number of carbonyl (C=O) groups is 2. The Kier molecular flexibility index (Phi) is 6.73. The van der Waals surface area contributed by atoms with Gasteiger partial charge in [0, 0.05) is 12.8 Å². The summed E-state index contributed by atoms with van der Waals surface area (Å²) in [6, 6.07) is 12.0. The molecule has 0 aliphatic rings. The van der Waals surface area contributed by atoms with Crippen LogP contribution in [-0.2, 0) is 11.2 Å². The van der Waals surface area contributed by atoms with Crippen LogP contribution < -0.4 is 5.32 Å². The summed E-state index contributed by atoms with van der Waals surface area (Å²) in [5.74, 6) is 0.582. The van der Waals surface area contributed by atoms with Gasteiger partial charge in [0.25, 0.3) is 0 Å². The first-order valence-corrected chi connectivity index (χ1v) is 9.28. The van der Waals surface area contributed by atoms with E-state index in [-0.39, 0.29) is 30.6 Å². The first-order valence-electron chi connectivity index (χ1n) is 8.40. The maximum absolute atomic E-state index is 12.1. The second-order valence-corrected chi connectivity index (χ2v) is 7.48. The normalized spacial score (nSPS) is 12.2. The highest BCUT2D eigenvalue weighted by molar-refractivity contribution is 7.12. The third kappa shape index (κ3) is 5.60. The number of amides is 1. The van der Waals surface area contributed by atoms with Crippen LogP contribution in [0.5, 0.6) is 0 Å². The summed E-state index contributed by atoms with van der Waals surface area (Å²) < 4.78 is 0. The van der Waals surface area contributed by atoms with Crippen LogP contribution in [0.4, 0.5) is 0 Å². The van der Waals surface area contributed by atoms with Crippen molar-refractivity contribution in [3.63, 3.8) is 0 Å². The fraction of sp³-hybridized carbons (Fsp3) is 0.400. The third-order valence-corrected chi connectivity index (χ3v) is 4.79. The fourth-order valence-electron chi connectivity index (χ4n) is 2.60. The molecule has 1 aromatic carbocycles. The van der Waals surface area contributed by atoms with Crippen LogP contribution in [0.1, 0.15) is 60.5 Å². The van der Waals surface area contributed by atoms with Crippen LogP contribution in [0.15, 0.2) is 41.8 Å². The number of benzene rings is 1. The number of ketones is 1. The second kappa shape index (κ2) is 8.78. The highest BCUT2D eigenvalue weighted by atomic mass is 32.1. The van der Waals surface area contributed by atoms with Crippen molar-refractivity contribution in [2.75, 3.05) is 0 Å². The standard InChI is InChI=1S/C20H25NO2S/c1-14(2)13-16-6-8-17(9-7-16)15(3)21-20(23)11-10-18(22)19-5-4-12-24-19/h4-9,12,14-15H,10-11,13H2,1-3H3,(H,21,23)/t15-/m1/s1. The van der Waals surface area contributed by atoms with E-state index in [9.17, 15) is 9.59 Å². The first kappa shape index (κ1) is 18.4. The Morgan fingerprint density at radius 3 is 2.33 bits per heavy atom. The topological polar surface area (TPSA) is 46.2 Å². The predicted octanol–water partition coefficient (Wildman–Crippen LogP) is 4.79. The highest BCUT2D eigenvalue weighted by Crippen LogP contribution is 2.16. The summed E-state index contributed by atoms with van der Waals surface area (Å²) in [6.45, 7) is 6.37. The fourth-order valence-corrected chi connectivity index (χ4v) is 3.29. The van der Waals surface area contributed by atoms with Gasteiger partial charge < -0.3 is 5.32 Å². The molecule has 1 N–H and O–H groups in total. The Bertz CT molecular complexity index is 659. The molecule has 0 saturated heterocycles. The van der Waals surface area contributed by atoms with Crippen LogP contribution in [0.2, 0.25) is 0 Å². The Labute approximate surface area is 148 Å². The summed E-state index contributed by atoms with van der Waals surface area (Å²) in [7, 11) is 0. The molecule has 0 spiro atoms. The van der Waals surface area contributed by atoms with Gasteiger partial charge in [-0.05, 0) is 41.8 Å². The Morgan fingerprint density at radius 2 is 1.75 bits per heavy atom. The molecule has 128 valence electrons. The molecule has 0 fully saturated rings. The number of rotatable bonds is 8. The molecule has 0 aliphatic heterocycles. The number of hydrogen-bond acceptors (Lipinski definition) is 3. The lowest BCUT2D eigenvalue weighted by Crippen LogP contribution is -2.26. The van der Waals surface area contributed by atoms with Crippen molar-refractivity contribution >= 4 is 23.0 Å². The lowest BCUT2D eigenvalue weighted by molar-refractivity contribution is -0.121. The minimum atomic E-state index is -0.0846. The summed E-state index contributed by atoms with van der Waals surface area (Å²) in [5.41, 5.74) is 2.40. The van der Waals surface area contributed by atoms with Gasteiger partial charge in [-0.3, -0.25) is 9.59 Å². The summed E-state index contributed by atoms with van der Waals surface area (Å²) in [4.78, 5) is 24.7. The van der Waals surface area contributed by atoms with Crippen molar-refractivity contribution in [2.45, 2.75) is 46.1 Å². The monoisotopic (exact) mass is 343 g/mol. The summed E-state index contributed by atoms with van der Waals surface area (Å²) >= 11 is 1.42. The zero-order valence-corrected chi connectivity index (χ0v) is 15.4.